The zero-order chi connectivity index (χ0) is 15.9. The number of aromatic nitrogens is 3. The maximum absolute atomic E-state index is 12.8. The molecule has 1 aliphatic rings. The van der Waals surface area contributed by atoms with Gasteiger partial charge in [0, 0.05) is 25.4 Å². The summed E-state index contributed by atoms with van der Waals surface area (Å²) in [5.74, 6) is 0.0431. The van der Waals surface area contributed by atoms with Crippen LogP contribution >= 0.6 is 11.3 Å². The van der Waals surface area contributed by atoms with E-state index < -0.39 is 5.60 Å². The van der Waals surface area contributed by atoms with Crippen LogP contribution in [0, 0.1) is 13.8 Å². The monoisotopic (exact) mass is 320 g/mol. The molecule has 0 aliphatic carbocycles. The number of aryl methyl sites for hydroxylation is 3. The number of rotatable bonds is 2. The third kappa shape index (κ3) is 2.66. The van der Waals surface area contributed by atoms with E-state index in [1.165, 1.54) is 11.3 Å². The van der Waals surface area contributed by atoms with Crippen molar-refractivity contribution in [3.8, 4) is 0 Å². The van der Waals surface area contributed by atoms with E-state index in [0.717, 1.165) is 21.1 Å². The van der Waals surface area contributed by atoms with Gasteiger partial charge in [-0.25, -0.2) is 4.98 Å². The second-order valence-corrected chi connectivity index (χ2v) is 7.06. The van der Waals surface area contributed by atoms with E-state index in [-0.39, 0.29) is 5.91 Å². The SMILES string of the molecule is Cc1nc(C)c(C(=O)N2CCOC(C)(c3cnn(C)c3)C2)s1. The molecule has 0 saturated carbocycles. The number of hydrogen-bond donors (Lipinski definition) is 0. The molecule has 7 heteroatoms. The van der Waals surface area contributed by atoms with Gasteiger partial charge in [-0.1, -0.05) is 0 Å². The molecule has 2 aromatic heterocycles. The number of amides is 1. The molecule has 1 fully saturated rings. The van der Waals surface area contributed by atoms with E-state index in [2.05, 4.69) is 10.1 Å². The number of carbonyl (C=O) groups excluding carboxylic acids is 1. The lowest BCUT2D eigenvalue weighted by Crippen LogP contribution is -2.50. The van der Waals surface area contributed by atoms with Crippen LogP contribution in [0.5, 0.6) is 0 Å². The van der Waals surface area contributed by atoms with Crippen molar-refractivity contribution in [2.24, 2.45) is 7.05 Å². The summed E-state index contributed by atoms with van der Waals surface area (Å²) in [6.07, 6.45) is 3.74. The molecule has 22 heavy (non-hydrogen) atoms. The number of hydrogen-bond acceptors (Lipinski definition) is 5. The highest BCUT2D eigenvalue weighted by Gasteiger charge is 2.37. The van der Waals surface area contributed by atoms with Crippen LogP contribution in [0.2, 0.25) is 0 Å². The van der Waals surface area contributed by atoms with E-state index in [1.807, 2.05) is 38.9 Å². The highest BCUT2D eigenvalue weighted by Crippen LogP contribution is 2.30. The molecule has 1 unspecified atom stereocenters. The lowest BCUT2D eigenvalue weighted by Gasteiger charge is -2.40. The molecule has 0 N–H and O–H groups in total. The first-order valence-electron chi connectivity index (χ1n) is 7.25. The van der Waals surface area contributed by atoms with Crippen LogP contribution in [0.3, 0.4) is 0 Å². The molecule has 0 bridgehead atoms. The third-order valence-electron chi connectivity index (χ3n) is 3.97. The second-order valence-electron chi connectivity index (χ2n) is 5.86. The first kappa shape index (κ1) is 15.2. The predicted octanol–water partition coefficient (Wildman–Crippen LogP) is 1.88. The van der Waals surface area contributed by atoms with Gasteiger partial charge in [0.2, 0.25) is 0 Å². The number of morpholine rings is 1. The molecule has 3 rings (SSSR count). The Bertz CT molecular complexity index is 708. The first-order chi connectivity index (χ1) is 10.4. The zero-order valence-corrected chi connectivity index (χ0v) is 14.1. The number of ether oxygens (including phenoxy) is 1. The summed E-state index contributed by atoms with van der Waals surface area (Å²) in [4.78, 5) is 19.7. The molecule has 1 saturated heterocycles. The summed E-state index contributed by atoms with van der Waals surface area (Å²) in [5.41, 5.74) is 1.28. The third-order valence-corrected chi connectivity index (χ3v) is 5.04. The zero-order valence-electron chi connectivity index (χ0n) is 13.3. The van der Waals surface area contributed by atoms with Crippen molar-refractivity contribution in [2.45, 2.75) is 26.4 Å². The summed E-state index contributed by atoms with van der Waals surface area (Å²) in [7, 11) is 1.88. The fourth-order valence-corrected chi connectivity index (χ4v) is 3.67. The molecule has 3 heterocycles. The van der Waals surface area contributed by atoms with Crippen molar-refractivity contribution in [1.29, 1.82) is 0 Å². The van der Waals surface area contributed by atoms with E-state index in [9.17, 15) is 4.79 Å². The molecule has 6 nitrogen and oxygen atoms in total. The molecule has 2 aromatic rings. The van der Waals surface area contributed by atoms with Gasteiger partial charge in [-0.2, -0.15) is 5.10 Å². The summed E-state index contributed by atoms with van der Waals surface area (Å²) in [5, 5.41) is 5.13. The van der Waals surface area contributed by atoms with Crippen LogP contribution in [0.15, 0.2) is 12.4 Å². The molecule has 0 aromatic carbocycles. The topological polar surface area (TPSA) is 60.3 Å². The van der Waals surface area contributed by atoms with Crippen LogP contribution in [0.25, 0.3) is 0 Å². The molecule has 1 aliphatic heterocycles. The molecular weight excluding hydrogens is 300 g/mol. The van der Waals surface area contributed by atoms with Gasteiger partial charge in [-0.15, -0.1) is 11.3 Å². The van der Waals surface area contributed by atoms with Gasteiger partial charge in [-0.3, -0.25) is 9.48 Å². The Hall–Kier alpha value is -1.73. The molecule has 1 amide bonds. The smallest absolute Gasteiger partial charge is 0.266 e. The van der Waals surface area contributed by atoms with Gasteiger partial charge in [0.1, 0.15) is 10.5 Å². The van der Waals surface area contributed by atoms with Gasteiger partial charge in [-0.05, 0) is 20.8 Å². The maximum Gasteiger partial charge on any atom is 0.266 e. The Kier molecular flexibility index (Phi) is 3.78. The minimum absolute atomic E-state index is 0.0431. The summed E-state index contributed by atoms with van der Waals surface area (Å²) in [6, 6.07) is 0. The Balaban J connectivity index is 1.84. The Morgan fingerprint density at radius 3 is 2.82 bits per heavy atom. The normalized spacial score (nSPS) is 22.1. The van der Waals surface area contributed by atoms with E-state index >= 15 is 0 Å². The van der Waals surface area contributed by atoms with Crippen molar-refractivity contribution < 1.29 is 9.53 Å². The fraction of sp³-hybridized carbons (Fsp3) is 0.533. The standard InChI is InChI=1S/C15H20N4O2S/c1-10-13(22-11(2)17-10)14(20)19-5-6-21-15(3,9-19)12-7-16-18(4)8-12/h7-8H,5-6,9H2,1-4H3. The minimum Gasteiger partial charge on any atom is -0.367 e. The van der Waals surface area contributed by atoms with Crippen molar-refractivity contribution in [3.63, 3.8) is 0 Å². The van der Waals surface area contributed by atoms with E-state index in [0.29, 0.717) is 19.7 Å². The van der Waals surface area contributed by atoms with Crippen molar-refractivity contribution >= 4 is 17.2 Å². The average Bonchev–Trinajstić information content (AvgIpc) is 3.04. The highest BCUT2D eigenvalue weighted by molar-refractivity contribution is 7.13. The summed E-state index contributed by atoms with van der Waals surface area (Å²) < 4.78 is 7.71. The van der Waals surface area contributed by atoms with Gasteiger partial charge in [0.25, 0.3) is 5.91 Å². The predicted molar refractivity (Wildman–Crippen MR) is 84.0 cm³/mol. The lowest BCUT2D eigenvalue weighted by molar-refractivity contribution is -0.0930. The quantitative estimate of drug-likeness (QED) is 0.848. The second kappa shape index (κ2) is 5.48. The van der Waals surface area contributed by atoms with Gasteiger partial charge >= 0.3 is 0 Å². The lowest BCUT2D eigenvalue weighted by atomic mass is 9.97. The molecule has 0 spiro atoms. The van der Waals surface area contributed by atoms with Crippen LogP contribution in [-0.2, 0) is 17.4 Å². The number of nitrogens with zero attached hydrogens (tertiary/aromatic N) is 4. The average molecular weight is 320 g/mol. The highest BCUT2D eigenvalue weighted by atomic mass is 32.1. The molecular formula is C15H20N4O2S. The van der Waals surface area contributed by atoms with Crippen molar-refractivity contribution in [2.75, 3.05) is 19.7 Å². The largest absolute Gasteiger partial charge is 0.367 e. The minimum atomic E-state index is -0.518. The fourth-order valence-electron chi connectivity index (χ4n) is 2.79. The Morgan fingerprint density at radius 2 is 2.23 bits per heavy atom. The van der Waals surface area contributed by atoms with Crippen molar-refractivity contribution in [3.05, 3.63) is 33.5 Å². The molecule has 0 radical (unpaired) electrons. The van der Waals surface area contributed by atoms with E-state index in [1.54, 1.807) is 10.9 Å². The first-order valence-corrected chi connectivity index (χ1v) is 8.07. The van der Waals surface area contributed by atoms with E-state index in [4.69, 9.17) is 4.74 Å². The van der Waals surface area contributed by atoms with Crippen LogP contribution < -0.4 is 0 Å². The van der Waals surface area contributed by atoms with Gasteiger partial charge in [0.05, 0.1) is 30.1 Å². The Morgan fingerprint density at radius 1 is 1.45 bits per heavy atom. The number of thiazole rings is 1. The van der Waals surface area contributed by atoms with Crippen LogP contribution in [0.4, 0.5) is 0 Å². The van der Waals surface area contributed by atoms with Gasteiger partial charge in [0.15, 0.2) is 0 Å². The molecule has 1 atom stereocenters. The van der Waals surface area contributed by atoms with Gasteiger partial charge < -0.3 is 9.64 Å². The van der Waals surface area contributed by atoms with Crippen LogP contribution in [0.1, 0.15) is 32.9 Å². The molecule has 118 valence electrons. The summed E-state index contributed by atoms with van der Waals surface area (Å²) in [6.45, 7) is 7.46. The summed E-state index contributed by atoms with van der Waals surface area (Å²) >= 11 is 1.46. The Labute approximate surface area is 133 Å². The maximum atomic E-state index is 12.8. The van der Waals surface area contributed by atoms with Crippen molar-refractivity contribution in [1.82, 2.24) is 19.7 Å². The van der Waals surface area contributed by atoms with Crippen LogP contribution in [-0.4, -0.2) is 45.3 Å². The number of carbonyl (C=O) groups is 1.